The fraction of sp³-hybridized carbons (Fsp3) is 0.931. The van der Waals surface area contributed by atoms with Crippen molar-refractivity contribution >= 4 is 0 Å². The third-order valence-corrected chi connectivity index (χ3v) is 10.8. The molecule has 0 aromatic carbocycles. The lowest BCUT2D eigenvalue weighted by Crippen LogP contribution is -2.53. The van der Waals surface area contributed by atoms with E-state index >= 15 is 0 Å². The molecular weight excluding hydrogens is 364 g/mol. The van der Waals surface area contributed by atoms with Crippen LogP contribution in [0, 0.1) is 46.3 Å². The normalized spacial score (nSPS) is 45.0. The molecular formula is C29H50O. The van der Waals surface area contributed by atoms with Crippen molar-refractivity contribution in [2.75, 3.05) is 0 Å². The van der Waals surface area contributed by atoms with E-state index in [1.54, 1.807) is 5.57 Å². The number of hydrogen-bond acceptors (Lipinski definition) is 1. The minimum Gasteiger partial charge on any atom is -0.393 e. The minimum atomic E-state index is -0.0635. The molecule has 0 saturated heterocycles. The molecule has 0 radical (unpaired) electrons. The summed E-state index contributed by atoms with van der Waals surface area (Å²) in [6.45, 7) is 12.7. The maximum absolute atomic E-state index is 10.3. The standard InChI is InChI=1S/C29H50O/c1-20(2)8-6-9-21(3)25-10-7-11-26-24-15-13-22-12-14-23(30)16-18-28(22,4)27(24)17-19-29(25,26)5/h13,20-21,23-27,30H,6-12,14-19H2,1-5H3. The highest BCUT2D eigenvalue weighted by Crippen LogP contribution is 2.65. The van der Waals surface area contributed by atoms with Gasteiger partial charge in [-0.05, 0) is 104 Å². The Bertz CT molecular complexity index is 620. The van der Waals surface area contributed by atoms with Crippen molar-refractivity contribution < 1.29 is 5.11 Å². The SMILES string of the molecule is CC(C)CCCC(C)C1CCCC2C3CC=C4CCC(O)CCC4(C)C3CCC12C. The second-order valence-corrected chi connectivity index (χ2v) is 12.9. The molecule has 4 aliphatic rings. The maximum atomic E-state index is 10.3. The highest BCUT2D eigenvalue weighted by Gasteiger charge is 2.57. The molecule has 0 bridgehead atoms. The Hall–Kier alpha value is -0.300. The molecule has 0 aromatic rings. The summed E-state index contributed by atoms with van der Waals surface area (Å²) >= 11 is 0. The lowest BCUT2D eigenvalue weighted by molar-refractivity contribution is -0.105. The highest BCUT2D eigenvalue weighted by atomic mass is 16.3. The molecule has 8 atom stereocenters. The maximum Gasteiger partial charge on any atom is 0.0543 e. The van der Waals surface area contributed by atoms with Crippen molar-refractivity contribution in [1.82, 2.24) is 0 Å². The Morgan fingerprint density at radius 3 is 2.53 bits per heavy atom. The van der Waals surface area contributed by atoms with Gasteiger partial charge in [0, 0.05) is 0 Å². The van der Waals surface area contributed by atoms with E-state index in [1.165, 1.54) is 64.2 Å². The van der Waals surface area contributed by atoms with Crippen molar-refractivity contribution in [2.45, 2.75) is 124 Å². The van der Waals surface area contributed by atoms with Gasteiger partial charge in [-0.1, -0.05) is 72.0 Å². The number of aliphatic hydroxyl groups excluding tert-OH is 1. The van der Waals surface area contributed by atoms with Crippen LogP contribution in [0.2, 0.25) is 0 Å². The molecule has 0 aliphatic heterocycles. The summed E-state index contributed by atoms with van der Waals surface area (Å²) in [4.78, 5) is 0. The van der Waals surface area contributed by atoms with E-state index in [1.807, 2.05) is 0 Å². The zero-order valence-electron chi connectivity index (χ0n) is 20.8. The molecule has 4 rings (SSSR count). The topological polar surface area (TPSA) is 20.2 Å². The van der Waals surface area contributed by atoms with Gasteiger partial charge < -0.3 is 5.11 Å². The predicted octanol–water partition coefficient (Wildman–Crippen LogP) is 8.17. The summed E-state index contributed by atoms with van der Waals surface area (Å²) in [5.74, 6) is 5.40. The Kier molecular flexibility index (Phi) is 6.80. The molecule has 0 aromatic heterocycles. The fourth-order valence-corrected chi connectivity index (χ4v) is 9.05. The molecule has 1 nitrogen and oxygen atoms in total. The molecule has 3 fully saturated rings. The van der Waals surface area contributed by atoms with Crippen molar-refractivity contribution in [1.29, 1.82) is 0 Å². The second kappa shape index (κ2) is 8.92. The van der Waals surface area contributed by atoms with Gasteiger partial charge in [-0.2, -0.15) is 0 Å². The van der Waals surface area contributed by atoms with Gasteiger partial charge in [-0.25, -0.2) is 0 Å². The minimum absolute atomic E-state index is 0.0635. The van der Waals surface area contributed by atoms with E-state index in [0.29, 0.717) is 10.8 Å². The molecule has 4 aliphatic carbocycles. The first-order valence-electron chi connectivity index (χ1n) is 13.6. The number of hydrogen-bond donors (Lipinski definition) is 1. The molecule has 1 N–H and O–H groups in total. The molecule has 0 spiro atoms. The molecule has 30 heavy (non-hydrogen) atoms. The molecule has 0 amide bonds. The third-order valence-electron chi connectivity index (χ3n) is 10.8. The lowest BCUT2D eigenvalue weighted by Gasteiger charge is -2.61. The average molecular weight is 415 g/mol. The Balaban J connectivity index is 1.52. The average Bonchev–Trinajstić information content (AvgIpc) is 2.85. The number of allylic oxidation sites excluding steroid dienone is 2. The predicted molar refractivity (Wildman–Crippen MR) is 128 cm³/mol. The first-order valence-corrected chi connectivity index (χ1v) is 13.6. The molecule has 3 saturated carbocycles. The van der Waals surface area contributed by atoms with Crippen LogP contribution in [0.25, 0.3) is 0 Å². The van der Waals surface area contributed by atoms with Crippen LogP contribution >= 0.6 is 0 Å². The van der Waals surface area contributed by atoms with Crippen molar-refractivity contribution in [3.8, 4) is 0 Å². The van der Waals surface area contributed by atoms with Gasteiger partial charge in [0.25, 0.3) is 0 Å². The Morgan fingerprint density at radius 1 is 0.967 bits per heavy atom. The number of rotatable bonds is 5. The van der Waals surface area contributed by atoms with Gasteiger partial charge in [0.15, 0.2) is 0 Å². The summed E-state index contributed by atoms with van der Waals surface area (Å²) < 4.78 is 0. The largest absolute Gasteiger partial charge is 0.393 e. The second-order valence-electron chi connectivity index (χ2n) is 12.9. The number of fused-ring (bicyclic) bond motifs is 5. The Morgan fingerprint density at radius 2 is 1.77 bits per heavy atom. The van der Waals surface area contributed by atoms with Crippen LogP contribution in [-0.4, -0.2) is 11.2 Å². The van der Waals surface area contributed by atoms with Crippen LogP contribution in [0.5, 0.6) is 0 Å². The quantitative estimate of drug-likeness (QED) is 0.450. The van der Waals surface area contributed by atoms with Gasteiger partial charge in [-0.15, -0.1) is 0 Å². The molecule has 0 heterocycles. The molecule has 8 unspecified atom stereocenters. The van der Waals surface area contributed by atoms with E-state index in [0.717, 1.165) is 54.8 Å². The third kappa shape index (κ3) is 4.06. The smallest absolute Gasteiger partial charge is 0.0543 e. The van der Waals surface area contributed by atoms with Gasteiger partial charge in [-0.3, -0.25) is 0 Å². The van der Waals surface area contributed by atoms with Gasteiger partial charge in [0.05, 0.1) is 6.10 Å². The summed E-state index contributed by atoms with van der Waals surface area (Å²) in [7, 11) is 0. The molecule has 172 valence electrons. The monoisotopic (exact) mass is 414 g/mol. The first kappa shape index (κ1) is 22.9. The number of aliphatic hydroxyl groups is 1. The zero-order chi connectivity index (χ0) is 21.5. The van der Waals surface area contributed by atoms with Gasteiger partial charge in [0.2, 0.25) is 0 Å². The summed E-state index contributed by atoms with van der Waals surface area (Å²) in [5.41, 5.74) is 2.67. The van der Waals surface area contributed by atoms with E-state index in [4.69, 9.17) is 0 Å². The van der Waals surface area contributed by atoms with E-state index < -0.39 is 0 Å². The van der Waals surface area contributed by atoms with Crippen LogP contribution in [0.3, 0.4) is 0 Å². The van der Waals surface area contributed by atoms with Crippen LogP contribution < -0.4 is 0 Å². The zero-order valence-corrected chi connectivity index (χ0v) is 20.8. The molecule has 1 heteroatoms. The lowest BCUT2D eigenvalue weighted by atomic mass is 9.43. The summed E-state index contributed by atoms with van der Waals surface area (Å²) in [5, 5.41) is 10.3. The van der Waals surface area contributed by atoms with E-state index in [-0.39, 0.29) is 6.10 Å². The van der Waals surface area contributed by atoms with Gasteiger partial charge >= 0.3 is 0 Å². The van der Waals surface area contributed by atoms with Gasteiger partial charge in [0.1, 0.15) is 0 Å². The van der Waals surface area contributed by atoms with Crippen LogP contribution in [0.1, 0.15) is 118 Å². The highest BCUT2D eigenvalue weighted by molar-refractivity contribution is 5.23. The summed E-state index contributed by atoms with van der Waals surface area (Å²) in [6, 6.07) is 0. The first-order chi connectivity index (χ1) is 14.3. The van der Waals surface area contributed by atoms with Crippen LogP contribution in [0.15, 0.2) is 11.6 Å². The summed E-state index contributed by atoms with van der Waals surface area (Å²) in [6.07, 6.45) is 19.9. The van der Waals surface area contributed by atoms with Crippen molar-refractivity contribution in [3.05, 3.63) is 11.6 Å². The van der Waals surface area contributed by atoms with Crippen LogP contribution in [0.4, 0.5) is 0 Å². The van der Waals surface area contributed by atoms with Crippen molar-refractivity contribution in [3.63, 3.8) is 0 Å². The fourth-order valence-electron chi connectivity index (χ4n) is 9.05. The van der Waals surface area contributed by atoms with E-state index in [2.05, 4.69) is 40.7 Å². The van der Waals surface area contributed by atoms with Crippen molar-refractivity contribution in [2.24, 2.45) is 46.3 Å². The van der Waals surface area contributed by atoms with E-state index in [9.17, 15) is 5.11 Å². The Labute approximate surface area is 187 Å². The van der Waals surface area contributed by atoms with Crippen LogP contribution in [-0.2, 0) is 0 Å².